The molecule has 0 aliphatic heterocycles. The van der Waals surface area contributed by atoms with Crippen molar-refractivity contribution in [1.29, 1.82) is 0 Å². The van der Waals surface area contributed by atoms with Crippen LogP contribution >= 0.6 is 0 Å². The predicted octanol–water partition coefficient (Wildman–Crippen LogP) is 1.81. The van der Waals surface area contributed by atoms with Crippen molar-refractivity contribution in [3.05, 3.63) is 35.4 Å². The van der Waals surface area contributed by atoms with E-state index in [0.717, 1.165) is 31.4 Å². The molecule has 0 aliphatic carbocycles. The van der Waals surface area contributed by atoms with Crippen LogP contribution in [0, 0.1) is 0 Å². The number of rotatable bonds is 5. The van der Waals surface area contributed by atoms with Gasteiger partial charge in [-0.2, -0.15) is 13.2 Å². The molecule has 122 valence electrons. The average molecular weight is 319 g/mol. The molecular formula is C14H16F3NO4. The quantitative estimate of drug-likeness (QED) is 0.812. The molecule has 0 saturated heterocycles. The second-order valence-corrected chi connectivity index (χ2v) is 4.51. The molecule has 0 unspecified atom stereocenters. The first-order valence-corrected chi connectivity index (χ1v) is 6.44. The summed E-state index contributed by atoms with van der Waals surface area (Å²) in [5, 5.41) is 12.1. The molecule has 0 bridgehead atoms. The Labute approximate surface area is 125 Å². The summed E-state index contributed by atoms with van der Waals surface area (Å²) in [5.41, 5.74) is -0.893. The summed E-state index contributed by atoms with van der Waals surface area (Å²) < 4.78 is 41.8. The minimum Gasteiger partial charge on any atom is -0.467 e. The molecule has 1 aromatic carbocycles. The number of benzene rings is 1. The largest absolute Gasteiger partial charge is 0.467 e. The van der Waals surface area contributed by atoms with Gasteiger partial charge in [0.2, 0.25) is 0 Å². The van der Waals surface area contributed by atoms with Gasteiger partial charge in [0.25, 0.3) is 5.91 Å². The predicted molar refractivity (Wildman–Crippen MR) is 70.6 cm³/mol. The maximum atomic E-state index is 12.4. The molecular weight excluding hydrogens is 303 g/mol. The summed E-state index contributed by atoms with van der Waals surface area (Å²) in [5.74, 6) is -1.56. The van der Waals surface area contributed by atoms with Gasteiger partial charge in [0.1, 0.15) is 6.04 Å². The first-order valence-electron chi connectivity index (χ1n) is 6.44. The van der Waals surface area contributed by atoms with Crippen LogP contribution in [0.3, 0.4) is 0 Å². The van der Waals surface area contributed by atoms with Crippen LogP contribution in [0.15, 0.2) is 24.3 Å². The van der Waals surface area contributed by atoms with E-state index in [1.54, 1.807) is 6.92 Å². The van der Waals surface area contributed by atoms with Gasteiger partial charge in [-0.25, -0.2) is 4.79 Å². The van der Waals surface area contributed by atoms with Gasteiger partial charge in [-0.15, -0.1) is 0 Å². The highest BCUT2D eigenvalue weighted by Gasteiger charge is 2.31. The minimum absolute atomic E-state index is 0.00906. The number of nitrogens with one attached hydrogen (secondary N) is 1. The second kappa shape index (κ2) is 7.26. The fraction of sp³-hybridized carbons (Fsp3) is 0.429. The second-order valence-electron chi connectivity index (χ2n) is 4.51. The highest BCUT2D eigenvalue weighted by molar-refractivity contribution is 5.87. The summed E-state index contributed by atoms with van der Waals surface area (Å²) in [7, 11) is 1.16. The molecule has 8 heteroatoms. The Morgan fingerprint density at radius 1 is 1.27 bits per heavy atom. The van der Waals surface area contributed by atoms with Crippen molar-refractivity contribution < 1.29 is 32.6 Å². The summed E-state index contributed by atoms with van der Waals surface area (Å²) in [6.45, 7) is 1.63. The van der Waals surface area contributed by atoms with Gasteiger partial charge in [-0.05, 0) is 24.1 Å². The van der Waals surface area contributed by atoms with Gasteiger partial charge in [0, 0.05) is 0 Å². The lowest BCUT2D eigenvalue weighted by atomic mass is 10.1. The number of ether oxygens (including phenoxy) is 1. The van der Waals surface area contributed by atoms with Crippen LogP contribution in [0.4, 0.5) is 13.2 Å². The van der Waals surface area contributed by atoms with Gasteiger partial charge < -0.3 is 15.2 Å². The van der Waals surface area contributed by atoms with E-state index >= 15 is 0 Å². The third kappa shape index (κ3) is 4.45. The Hall–Kier alpha value is -2.09. The Morgan fingerprint density at radius 2 is 1.82 bits per heavy atom. The molecule has 5 nitrogen and oxygen atoms in total. The summed E-state index contributed by atoms with van der Waals surface area (Å²) in [4.78, 5) is 23.2. The van der Waals surface area contributed by atoms with Crippen LogP contribution in [0.25, 0.3) is 0 Å². The van der Waals surface area contributed by atoms with E-state index in [4.69, 9.17) is 0 Å². The van der Waals surface area contributed by atoms with E-state index in [2.05, 4.69) is 10.1 Å². The van der Waals surface area contributed by atoms with Gasteiger partial charge in [-0.1, -0.05) is 19.1 Å². The number of hydrogen-bond acceptors (Lipinski definition) is 4. The van der Waals surface area contributed by atoms with Crippen molar-refractivity contribution in [3.63, 3.8) is 0 Å². The zero-order valence-corrected chi connectivity index (χ0v) is 12.0. The Kier molecular flexibility index (Phi) is 5.92. The van der Waals surface area contributed by atoms with Crippen molar-refractivity contribution in [2.24, 2.45) is 0 Å². The number of alkyl halides is 3. The van der Waals surface area contributed by atoms with Crippen LogP contribution in [-0.4, -0.2) is 30.1 Å². The zero-order valence-electron chi connectivity index (χ0n) is 12.0. The summed E-state index contributed by atoms with van der Waals surface area (Å²) in [6.07, 6.45) is -5.93. The molecule has 1 aromatic rings. The number of carbonyl (C=O) groups excluding carboxylic acids is 2. The third-order valence-corrected chi connectivity index (χ3v) is 3.01. The summed E-state index contributed by atoms with van der Waals surface area (Å²) >= 11 is 0. The fourth-order valence-electron chi connectivity index (χ4n) is 1.73. The molecule has 0 radical (unpaired) electrons. The van der Waals surface area contributed by atoms with Crippen molar-refractivity contribution >= 4 is 11.9 Å². The standard InChI is InChI=1S/C14H16F3NO4/c1-3-10(13(21)22-2)18-12(20)11(19)8-4-6-9(7-5-8)14(15,16)17/h4-7,10-11,19H,3H2,1-2H3,(H,18,20)/t10-,11+/m0/s1. The molecule has 0 aromatic heterocycles. The van der Waals surface area contributed by atoms with E-state index in [-0.39, 0.29) is 12.0 Å². The summed E-state index contributed by atoms with van der Waals surface area (Å²) in [6, 6.07) is 2.62. The Morgan fingerprint density at radius 3 is 2.23 bits per heavy atom. The normalized spacial score (nSPS) is 14.1. The molecule has 0 fully saturated rings. The van der Waals surface area contributed by atoms with E-state index in [0.29, 0.717) is 0 Å². The number of halogens is 3. The van der Waals surface area contributed by atoms with Gasteiger partial charge in [0.05, 0.1) is 12.7 Å². The molecule has 0 heterocycles. The molecule has 2 atom stereocenters. The highest BCUT2D eigenvalue weighted by Crippen LogP contribution is 2.29. The lowest BCUT2D eigenvalue weighted by Crippen LogP contribution is -2.43. The minimum atomic E-state index is -4.50. The first-order chi connectivity index (χ1) is 10.2. The fourth-order valence-corrected chi connectivity index (χ4v) is 1.73. The van der Waals surface area contributed by atoms with E-state index in [1.807, 2.05) is 0 Å². The lowest BCUT2D eigenvalue weighted by molar-refractivity contribution is -0.146. The topological polar surface area (TPSA) is 75.6 Å². The maximum absolute atomic E-state index is 12.4. The van der Waals surface area contributed by atoms with Crippen LogP contribution in [0.1, 0.15) is 30.6 Å². The lowest BCUT2D eigenvalue weighted by Gasteiger charge is -2.17. The number of carbonyl (C=O) groups is 2. The maximum Gasteiger partial charge on any atom is 0.416 e. The van der Waals surface area contributed by atoms with Crippen molar-refractivity contribution in [2.45, 2.75) is 31.7 Å². The smallest absolute Gasteiger partial charge is 0.416 e. The number of esters is 1. The first kappa shape index (κ1) is 18.0. The highest BCUT2D eigenvalue weighted by atomic mass is 19.4. The van der Waals surface area contributed by atoms with Gasteiger partial charge >= 0.3 is 12.1 Å². The molecule has 1 rings (SSSR count). The number of aliphatic hydroxyl groups excluding tert-OH is 1. The van der Waals surface area contributed by atoms with Crippen LogP contribution in [0.2, 0.25) is 0 Å². The molecule has 0 aliphatic rings. The molecule has 2 N–H and O–H groups in total. The van der Waals surface area contributed by atoms with E-state index in [9.17, 15) is 27.9 Å². The van der Waals surface area contributed by atoms with E-state index in [1.165, 1.54) is 0 Å². The molecule has 1 amide bonds. The molecule has 22 heavy (non-hydrogen) atoms. The van der Waals surface area contributed by atoms with Crippen molar-refractivity contribution in [3.8, 4) is 0 Å². The number of amides is 1. The number of hydrogen-bond donors (Lipinski definition) is 2. The van der Waals surface area contributed by atoms with Crippen LogP contribution < -0.4 is 5.32 Å². The van der Waals surface area contributed by atoms with Crippen LogP contribution in [-0.2, 0) is 20.5 Å². The Balaban J connectivity index is 2.80. The van der Waals surface area contributed by atoms with Crippen LogP contribution in [0.5, 0.6) is 0 Å². The van der Waals surface area contributed by atoms with Gasteiger partial charge in [-0.3, -0.25) is 4.79 Å². The monoisotopic (exact) mass is 319 g/mol. The zero-order chi connectivity index (χ0) is 16.9. The molecule has 0 saturated carbocycles. The molecule has 0 spiro atoms. The average Bonchev–Trinajstić information content (AvgIpc) is 2.50. The van der Waals surface area contributed by atoms with Crippen molar-refractivity contribution in [1.82, 2.24) is 5.32 Å². The Bertz CT molecular complexity index is 528. The SMILES string of the molecule is CC[C@H](NC(=O)[C@H](O)c1ccc(C(F)(F)F)cc1)C(=O)OC. The number of methoxy groups -OCH3 is 1. The van der Waals surface area contributed by atoms with Crippen molar-refractivity contribution in [2.75, 3.05) is 7.11 Å². The third-order valence-electron chi connectivity index (χ3n) is 3.01. The van der Waals surface area contributed by atoms with Gasteiger partial charge in [0.15, 0.2) is 6.10 Å². The van der Waals surface area contributed by atoms with E-state index < -0.39 is 35.8 Å². The number of aliphatic hydroxyl groups is 1.